The summed E-state index contributed by atoms with van der Waals surface area (Å²) < 4.78 is 34.2. The van der Waals surface area contributed by atoms with Crippen molar-refractivity contribution in [1.82, 2.24) is 5.32 Å². The molecular formula is C13H14ClFN2O4S. The van der Waals surface area contributed by atoms with Gasteiger partial charge >= 0.3 is 10.2 Å². The second-order valence-corrected chi connectivity index (χ2v) is 6.87. The van der Waals surface area contributed by atoms with Gasteiger partial charge in [-0.25, -0.2) is 0 Å². The summed E-state index contributed by atoms with van der Waals surface area (Å²) in [7, 11) is -3.21. The average Bonchev–Trinajstić information content (AvgIpc) is 2.76. The van der Waals surface area contributed by atoms with E-state index in [-0.39, 0.29) is 24.4 Å². The molecule has 22 heavy (non-hydrogen) atoms. The van der Waals surface area contributed by atoms with Crippen LogP contribution >= 0.6 is 11.6 Å². The lowest BCUT2D eigenvalue weighted by Gasteiger charge is -2.20. The number of nitrogens with one attached hydrogen (secondary N) is 1. The molecule has 1 aliphatic rings. The zero-order valence-corrected chi connectivity index (χ0v) is 13.2. The minimum absolute atomic E-state index is 0.0353. The number of nitrogens with zero attached hydrogens (tertiary/aromatic N) is 1. The van der Waals surface area contributed by atoms with Gasteiger partial charge in [-0.05, 0) is 18.2 Å². The Bertz CT molecular complexity index is 723. The molecule has 2 rings (SSSR count). The van der Waals surface area contributed by atoms with Gasteiger partial charge in [-0.15, -0.1) is 3.89 Å². The topological polar surface area (TPSA) is 83.6 Å². The van der Waals surface area contributed by atoms with Crippen molar-refractivity contribution in [3.8, 4) is 0 Å². The second-order valence-electron chi connectivity index (χ2n) is 5.02. The second kappa shape index (κ2) is 6.21. The van der Waals surface area contributed by atoms with Crippen LogP contribution in [0.5, 0.6) is 0 Å². The number of carbonyl (C=O) groups is 2. The van der Waals surface area contributed by atoms with Crippen LogP contribution in [0.25, 0.3) is 0 Å². The normalized spacial score (nSPS) is 18.6. The van der Waals surface area contributed by atoms with Crippen molar-refractivity contribution >= 4 is 39.3 Å². The van der Waals surface area contributed by atoms with Crippen LogP contribution in [0.3, 0.4) is 0 Å². The fourth-order valence-corrected chi connectivity index (χ4v) is 3.43. The van der Waals surface area contributed by atoms with Crippen molar-refractivity contribution < 1.29 is 21.9 Å². The molecule has 0 radical (unpaired) electrons. The first-order chi connectivity index (χ1) is 10.2. The Kier molecular flexibility index (Phi) is 4.72. The quantitative estimate of drug-likeness (QED) is 0.832. The van der Waals surface area contributed by atoms with E-state index < -0.39 is 27.8 Å². The third-order valence-electron chi connectivity index (χ3n) is 3.36. The van der Waals surface area contributed by atoms with E-state index in [0.717, 1.165) is 0 Å². The molecule has 1 unspecified atom stereocenters. The van der Waals surface area contributed by atoms with Crippen LogP contribution in [0.15, 0.2) is 18.2 Å². The Morgan fingerprint density at radius 2 is 2.18 bits per heavy atom. The molecule has 6 nitrogen and oxygen atoms in total. The predicted octanol–water partition coefficient (Wildman–Crippen LogP) is 1.35. The lowest BCUT2D eigenvalue weighted by Crippen LogP contribution is -2.29. The number of carbonyl (C=O) groups excluding carboxylic acids is 2. The van der Waals surface area contributed by atoms with Gasteiger partial charge in [0.1, 0.15) is 0 Å². The zero-order chi connectivity index (χ0) is 16.5. The number of anilines is 1. The van der Waals surface area contributed by atoms with E-state index in [2.05, 4.69) is 5.32 Å². The summed E-state index contributed by atoms with van der Waals surface area (Å²) in [6.07, 6.45) is -0.0844. The Morgan fingerprint density at radius 3 is 2.77 bits per heavy atom. The molecule has 1 aromatic rings. The number of benzene rings is 1. The van der Waals surface area contributed by atoms with E-state index in [0.29, 0.717) is 10.7 Å². The SMILES string of the molecule is CNC(=O)c1cc(Cl)ccc1N1CC(CS(=O)(=O)F)CC1=O. The van der Waals surface area contributed by atoms with E-state index in [1.165, 1.54) is 30.1 Å². The molecule has 1 fully saturated rings. The highest BCUT2D eigenvalue weighted by atomic mass is 35.5. The maximum atomic E-state index is 12.8. The lowest BCUT2D eigenvalue weighted by molar-refractivity contribution is -0.117. The smallest absolute Gasteiger partial charge is 0.302 e. The molecule has 1 saturated heterocycles. The van der Waals surface area contributed by atoms with Gasteiger partial charge in [-0.3, -0.25) is 9.59 Å². The molecule has 1 aliphatic heterocycles. The Labute approximate surface area is 132 Å². The van der Waals surface area contributed by atoms with Gasteiger partial charge in [-0.1, -0.05) is 11.6 Å². The first-order valence-electron chi connectivity index (χ1n) is 6.45. The summed E-state index contributed by atoms with van der Waals surface area (Å²) in [6, 6.07) is 4.45. The molecule has 0 aromatic heterocycles. The summed E-state index contributed by atoms with van der Waals surface area (Å²) in [4.78, 5) is 25.2. The number of amides is 2. The van der Waals surface area contributed by atoms with Crippen LogP contribution in [0.4, 0.5) is 9.57 Å². The zero-order valence-electron chi connectivity index (χ0n) is 11.7. The van der Waals surface area contributed by atoms with E-state index >= 15 is 0 Å². The van der Waals surface area contributed by atoms with Crippen LogP contribution in [0, 0.1) is 5.92 Å². The predicted molar refractivity (Wildman–Crippen MR) is 80.2 cm³/mol. The Morgan fingerprint density at radius 1 is 1.50 bits per heavy atom. The fourth-order valence-electron chi connectivity index (χ4n) is 2.47. The van der Waals surface area contributed by atoms with Gasteiger partial charge in [0.2, 0.25) is 5.91 Å². The van der Waals surface area contributed by atoms with E-state index in [9.17, 15) is 21.9 Å². The van der Waals surface area contributed by atoms with Crippen LogP contribution in [-0.2, 0) is 15.0 Å². The molecule has 0 aliphatic carbocycles. The fraction of sp³-hybridized carbons (Fsp3) is 0.385. The maximum Gasteiger partial charge on any atom is 0.302 e. The minimum atomic E-state index is -4.65. The highest BCUT2D eigenvalue weighted by Crippen LogP contribution is 2.30. The number of hydrogen-bond donors (Lipinski definition) is 1. The molecule has 2 amide bonds. The van der Waals surface area contributed by atoms with Gasteiger partial charge < -0.3 is 10.2 Å². The highest BCUT2D eigenvalue weighted by Gasteiger charge is 2.35. The van der Waals surface area contributed by atoms with Crippen LogP contribution in [0.1, 0.15) is 16.8 Å². The number of halogens is 2. The van der Waals surface area contributed by atoms with Crippen molar-refractivity contribution in [3.05, 3.63) is 28.8 Å². The van der Waals surface area contributed by atoms with E-state index in [4.69, 9.17) is 11.6 Å². The van der Waals surface area contributed by atoms with Crippen LogP contribution < -0.4 is 10.2 Å². The van der Waals surface area contributed by atoms with Crippen molar-refractivity contribution in [2.24, 2.45) is 5.92 Å². The van der Waals surface area contributed by atoms with Crippen LogP contribution in [0.2, 0.25) is 5.02 Å². The molecule has 0 spiro atoms. The van der Waals surface area contributed by atoms with Gasteiger partial charge in [0.05, 0.1) is 17.0 Å². The molecule has 1 aromatic carbocycles. The standard InChI is InChI=1S/C13H14ClFN2O4S/c1-16-13(19)10-5-9(14)2-3-11(10)17-6-8(4-12(17)18)7-22(15,20)21/h2-3,5,8H,4,6-7H2,1H3,(H,16,19). The molecular weight excluding hydrogens is 335 g/mol. The molecule has 0 bridgehead atoms. The molecule has 120 valence electrons. The van der Waals surface area contributed by atoms with Gasteiger partial charge in [0, 0.05) is 31.0 Å². The molecule has 0 saturated carbocycles. The molecule has 1 atom stereocenters. The Balaban J connectivity index is 2.32. The summed E-state index contributed by atoms with van der Waals surface area (Å²) in [6.45, 7) is 0.0353. The third-order valence-corrected chi connectivity index (χ3v) is 4.47. The van der Waals surface area contributed by atoms with Crippen molar-refractivity contribution in [2.75, 3.05) is 24.2 Å². The van der Waals surface area contributed by atoms with Crippen molar-refractivity contribution in [2.45, 2.75) is 6.42 Å². The maximum absolute atomic E-state index is 12.8. The molecule has 1 N–H and O–H groups in total. The Hall–Kier alpha value is -1.67. The largest absolute Gasteiger partial charge is 0.355 e. The number of hydrogen-bond acceptors (Lipinski definition) is 4. The summed E-state index contributed by atoms with van der Waals surface area (Å²) in [5.41, 5.74) is 0.527. The highest BCUT2D eigenvalue weighted by molar-refractivity contribution is 7.86. The van der Waals surface area contributed by atoms with E-state index in [1.54, 1.807) is 0 Å². The third kappa shape index (κ3) is 3.75. The number of rotatable bonds is 4. The van der Waals surface area contributed by atoms with Gasteiger partial charge in [0.25, 0.3) is 5.91 Å². The van der Waals surface area contributed by atoms with Crippen LogP contribution in [-0.4, -0.2) is 39.6 Å². The lowest BCUT2D eigenvalue weighted by atomic mass is 10.1. The van der Waals surface area contributed by atoms with Crippen molar-refractivity contribution in [1.29, 1.82) is 0 Å². The first kappa shape index (κ1) is 16.7. The molecule has 1 heterocycles. The van der Waals surface area contributed by atoms with Gasteiger partial charge in [-0.2, -0.15) is 8.42 Å². The summed E-state index contributed by atoms with van der Waals surface area (Å²) in [5, 5.41) is 2.78. The first-order valence-corrected chi connectivity index (χ1v) is 8.38. The minimum Gasteiger partial charge on any atom is -0.355 e. The molecule has 9 heteroatoms. The average molecular weight is 349 g/mol. The monoisotopic (exact) mass is 348 g/mol. The van der Waals surface area contributed by atoms with Crippen molar-refractivity contribution in [3.63, 3.8) is 0 Å². The summed E-state index contributed by atoms with van der Waals surface area (Å²) >= 11 is 5.86. The van der Waals surface area contributed by atoms with E-state index in [1.807, 2.05) is 0 Å². The summed E-state index contributed by atoms with van der Waals surface area (Å²) in [5.74, 6) is -2.14. The van der Waals surface area contributed by atoms with Gasteiger partial charge in [0.15, 0.2) is 0 Å².